The molecule has 4 heteroatoms. The van der Waals surface area contributed by atoms with Crippen LogP contribution in [0.25, 0.3) is 0 Å². The number of rotatable bonds is 4. The second kappa shape index (κ2) is 6.87. The van der Waals surface area contributed by atoms with Crippen LogP contribution < -0.4 is 10.2 Å². The fourth-order valence-electron chi connectivity index (χ4n) is 3.09. The summed E-state index contributed by atoms with van der Waals surface area (Å²) in [5.74, 6) is 0.173. The van der Waals surface area contributed by atoms with Crippen LogP contribution in [0.5, 0.6) is 0 Å². The number of carbonyl (C=O) groups is 2. The number of aryl methyl sites for hydroxylation is 2. The van der Waals surface area contributed by atoms with Gasteiger partial charge in [0.05, 0.1) is 6.42 Å². The molecule has 0 radical (unpaired) electrons. The molecule has 0 unspecified atom stereocenters. The van der Waals surface area contributed by atoms with Crippen LogP contribution in [-0.2, 0) is 29.0 Å². The van der Waals surface area contributed by atoms with E-state index in [4.69, 9.17) is 0 Å². The molecule has 0 spiro atoms. The Morgan fingerprint density at radius 1 is 1.12 bits per heavy atom. The fourth-order valence-corrected chi connectivity index (χ4v) is 3.09. The molecular weight excluding hydrogens is 300 g/mol. The fraction of sp³-hybridized carbons (Fsp3) is 0.300. The molecule has 1 N–H and O–H groups in total. The maximum Gasteiger partial charge on any atom is 0.227 e. The molecule has 4 nitrogen and oxygen atoms in total. The Kier molecular flexibility index (Phi) is 4.65. The molecule has 0 aliphatic carbocycles. The van der Waals surface area contributed by atoms with Crippen molar-refractivity contribution in [3.05, 3.63) is 64.7 Å². The van der Waals surface area contributed by atoms with Crippen LogP contribution >= 0.6 is 0 Å². The van der Waals surface area contributed by atoms with E-state index in [1.807, 2.05) is 50.4 Å². The first-order chi connectivity index (χ1) is 11.5. The van der Waals surface area contributed by atoms with Gasteiger partial charge in [-0.1, -0.05) is 42.0 Å². The van der Waals surface area contributed by atoms with Crippen molar-refractivity contribution >= 4 is 17.5 Å². The highest BCUT2D eigenvalue weighted by Crippen LogP contribution is 2.27. The van der Waals surface area contributed by atoms with E-state index in [1.165, 1.54) is 5.56 Å². The molecule has 0 saturated heterocycles. The summed E-state index contributed by atoms with van der Waals surface area (Å²) in [5, 5.41) is 2.97. The van der Waals surface area contributed by atoms with E-state index in [9.17, 15) is 9.59 Å². The van der Waals surface area contributed by atoms with Crippen LogP contribution in [-0.4, -0.2) is 18.9 Å². The first-order valence-electron chi connectivity index (χ1n) is 8.23. The first-order valence-corrected chi connectivity index (χ1v) is 8.23. The summed E-state index contributed by atoms with van der Waals surface area (Å²) in [6.45, 7) is 2.53. The lowest BCUT2D eigenvalue weighted by Gasteiger charge is -2.26. The van der Waals surface area contributed by atoms with Gasteiger partial charge < -0.3 is 10.2 Å². The molecule has 2 aromatic carbocycles. The lowest BCUT2D eigenvalue weighted by atomic mass is 9.99. The van der Waals surface area contributed by atoms with Crippen LogP contribution in [0.1, 0.15) is 28.7 Å². The standard InChI is InChI=1S/C20H22N2O2/c1-14-4-3-5-15(10-14)12-19(23)21-13-16-6-8-18-17(11-16)7-9-20(24)22(18)2/h3-6,8,10-11H,7,9,12-13H2,1-2H3,(H,21,23). The zero-order valence-electron chi connectivity index (χ0n) is 14.1. The maximum atomic E-state index is 12.1. The van der Waals surface area contributed by atoms with Gasteiger partial charge in [-0.05, 0) is 36.1 Å². The predicted molar refractivity (Wildman–Crippen MR) is 94.9 cm³/mol. The SMILES string of the molecule is Cc1cccc(CC(=O)NCc2ccc3c(c2)CCC(=O)N3C)c1. The number of fused-ring (bicyclic) bond motifs is 1. The molecule has 2 aromatic rings. The summed E-state index contributed by atoms with van der Waals surface area (Å²) < 4.78 is 0. The van der Waals surface area contributed by atoms with Crippen LogP contribution in [0.3, 0.4) is 0 Å². The molecule has 0 bridgehead atoms. The quantitative estimate of drug-likeness (QED) is 0.941. The van der Waals surface area contributed by atoms with Gasteiger partial charge in [0.15, 0.2) is 0 Å². The first kappa shape index (κ1) is 16.2. The van der Waals surface area contributed by atoms with E-state index in [0.29, 0.717) is 19.4 Å². The number of nitrogens with zero attached hydrogens (tertiary/aromatic N) is 1. The minimum absolute atomic E-state index is 0.0191. The Morgan fingerprint density at radius 3 is 2.75 bits per heavy atom. The number of anilines is 1. The van der Waals surface area contributed by atoms with Crippen molar-refractivity contribution in [1.82, 2.24) is 5.32 Å². The third-order valence-electron chi connectivity index (χ3n) is 4.42. The van der Waals surface area contributed by atoms with Crippen molar-refractivity contribution in [3.63, 3.8) is 0 Å². The molecular formula is C20H22N2O2. The Hall–Kier alpha value is -2.62. The highest BCUT2D eigenvalue weighted by atomic mass is 16.2. The van der Waals surface area contributed by atoms with E-state index in [-0.39, 0.29) is 11.8 Å². The van der Waals surface area contributed by atoms with Gasteiger partial charge in [0.25, 0.3) is 0 Å². The van der Waals surface area contributed by atoms with Gasteiger partial charge >= 0.3 is 0 Å². The summed E-state index contributed by atoms with van der Waals surface area (Å²) in [6.07, 6.45) is 1.71. The molecule has 3 rings (SSSR count). The van der Waals surface area contributed by atoms with Gasteiger partial charge in [-0.3, -0.25) is 9.59 Å². The molecule has 0 aromatic heterocycles. The highest BCUT2D eigenvalue weighted by Gasteiger charge is 2.20. The number of hydrogen-bond acceptors (Lipinski definition) is 2. The third-order valence-corrected chi connectivity index (χ3v) is 4.42. The number of nitrogens with one attached hydrogen (secondary N) is 1. The summed E-state index contributed by atoms with van der Waals surface area (Å²) in [7, 11) is 1.81. The third kappa shape index (κ3) is 3.65. The molecule has 24 heavy (non-hydrogen) atoms. The number of amides is 2. The molecule has 2 amide bonds. The van der Waals surface area contributed by atoms with Crippen LogP contribution in [0.4, 0.5) is 5.69 Å². The zero-order valence-corrected chi connectivity index (χ0v) is 14.1. The Morgan fingerprint density at radius 2 is 1.96 bits per heavy atom. The highest BCUT2D eigenvalue weighted by molar-refractivity contribution is 5.95. The van der Waals surface area contributed by atoms with Gasteiger partial charge in [-0.15, -0.1) is 0 Å². The van der Waals surface area contributed by atoms with Crippen molar-refractivity contribution in [2.24, 2.45) is 0 Å². The van der Waals surface area contributed by atoms with Crippen LogP contribution in [0.2, 0.25) is 0 Å². The largest absolute Gasteiger partial charge is 0.352 e. The van der Waals surface area contributed by atoms with Gasteiger partial charge in [-0.2, -0.15) is 0 Å². The van der Waals surface area contributed by atoms with Crippen molar-refractivity contribution in [2.45, 2.75) is 32.7 Å². The number of hydrogen-bond donors (Lipinski definition) is 1. The van der Waals surface area contributed by atoms with Gasteiger partial charge in [0, 0.05) is 25.7 Å². The summed E-state index contributed by atoms with van der Waals surface area (Å²) in [4.78, 5) is 25.5. The molecule has 0 fully saturated rings. The smallest absolute Gasteiger partial charge is 0.227 e. The predicted octanol–water partition coefficient (Wildman–Crippen LogP) is 2.76. The van der Waals surface area contributed by atoms with E-state index in [1.54, 1.807) is 4.90 Å². The Balaban J connectivity index is 1.61. The average Bonchev–Trinajstić information content (AvgIpc) is 2.56. The maximum absolute atomic E-state index is 12.1. The monoisotopic (exact) mass is 322 g/mol. The number of carbonyl (C=O) groups excluding carboxylic acids is 2. The number of benzene rings is 2. The van der Waals surface area contributed by atoms with E-state index in [2.05, 4.69) is 11.4 Å². The van der Waals surface area contributed by atoms with Gasteiger partial charge in [0.1, 0.15) is 0 Å². The lowest BCUT2D eigenvalue weighted by Crippen LogP contribution is -2.31. The molecule has 1 aliphatic heterocycles. The Bertz CT molecular complexity index is 783. The molecule has 124 valence electrons. The summed E-state index contributed by atoms with van der Waals surface area (Å²) >= 11 is 0. The summed E-state index contributed by atoms with van der Waals surface area (Å²) in [5.41, 5.74) is 5.39. The Labute approximate surface area is 142 Å². The van der Waals surface area contributed by atoms with E-state index in [0.717, 1.165) is 28.8 Å². The molecule has 0 saturated carbocycles. The normalized spacial score (nSPS) is 13.6. The van der Waals surface area contributed by atoms with E-state index >= 15 is 0 Å². The molecule has 1 heterocycles. The van der Waals surface area contributed by atoms with E-state index < -0.39 is 0 Å². The average molecular weight is 322 g/mol. The van der Waals surface area contributed by atoms with Gasteiger partial charge in [0.2, 0.25) is 11.8 Å². The van der Waals surface area contributed by atoms with Crippen molar-refractivity contribution in [1.29, 1.82) is 0 Å². The van der Waals surface area contributed by atoms with Crippen LogP contribution in [0, 0.1) is 6.92 Å². The molecule has 0 atom stereocenters. The minimum atomic E-state index is 0.0191. The van der Waals surface area contributed by atoms with Crippen molar-refractivity contribution in [3.8, 4) is 0 Å². The summed E-state index contributed by atoms with van der Waals surface area (Å²) in [6, 6.07) is 14.0. The minimum Gasteiger partial charge on any atom is -0.352 e. The van der Waals surface area contributed by atoms with Crippen molar-refractivity contribution in [2.75, 3.05) is 11.9 Å². The van der Waals surface area contributed by atoms with Crippen LogP contribution in [0.15, 0.2) is 42.5 Å². The molecule has 1 aliphatic rings. The van der Waals surface area contributed by atoms with Crippen molar-refractivity contribution < 1.29 is 9.59 Å². The topological polar surface area (TPSA) is 49.4 Å². The second-order valence-corrected chi connectivity index (χ2v) is 6.36. The second-order valence-electron chi connectivity index (χ2n) is 6.36. The van der Waals surface area contributed by atoms with Gasteiger partial charge in [-0.25, -0.2) is 0 Å². The lowest BCUT2D eigenvalue weighted by molar-refractivity contribution is -0.120. The zero-order chi connectivity index (χ0) is 17.1.